The predicted molar refractivity (Wildman–Crippen MR) is 134 cm³/mol. The fourth-order valence-corrected chi connectivity index (χ4v) is 5.60. The zero-order valence-electron chi connectivity index (χ0n) is 20.0. The molecule has 34 heavy (non-hydrogen) atoms. The summed E-state index contributed by atoms with van der Waals surface area (Å²) in [5.41, 5.74) is 3.27. The average Bonchev–Trinajstić information content (AvgIpc) is 3.48. The molecule has 1 saturated carbocycles. The molecule has 0 aromatic carbocycles. The van der Waals surface area contributed by atoms with Crippen molar-refractivity contribution in [1.29, 1.82) is 0 Å². The minimum atomic E-state index is 0.0869. The van der Waals surface area contributed by atoms with Crippen molar-refractivity contribution in [2.24, 2.45) is 5.92 Å². The highest BCUT2D eigenvalue weighted by molar-refractivity contribution is 5.98. The summed E-state index contributed by atoms with van der Waals surface area (Å²) in [6.45, 7) is 7.29. The number of aromatic amines is 1. The number of carbonyl (C=O) groups excluding carboxylic acids is 2. The lowest BCUT2D eigenvalue weighted by atomic mass is 10.1. The molecule has 4 heterocycles. The van der Waals surface area contributed by atoms with Gasteiger partial charge in [-0.1, -0.05) is 18.9 Å². The molecule has 0 spiro atoms. The Balaban J connectivity index is 1.40. The van der Waals surface area contributed by atoms with Crippen molar-refractivity contribution in [1.82, 2.24) is 19.9 Å². The number of amides is 2. The molecule has 8 heteroatoms. The summed E-state index contributed by atoms with van der Waals surface area (Å²) in [5, 5.41) is 3.98. The van der Waals surface area contributed by atoms with Crippen molar-refractivity contribution in [3.8, 4) is 11.3 Å². The van der Waals surface area contributed by atoms with E-state index in [0.29, 0.717) is 5.69 Å². The summed E-state index contributed by atoms with van der Waals surface area (Å²) in [5.74, 6) is 1.20. The second-order valence-corrected chi connectivity index (χ2v) is 9.70. The number of carbonyl (C=O) groups is 2. The van der Waals surface area contributed by atoms with Crippen LogP contribution in [0.4, 0.5) is 11.5 Å². The van der Waals surface area contributed by atoms with Crippen LogP contribution < -0.4 is 10.2 Å². The van der Waals surface area contributed by atoms with Gasteiger partial charge in [-0.25, -0.2) is 9.97 Å². The normalized spacial score (nSPS) is 21.3. The van der Waals surface area contributed by atoms with Gasteiger partial charge >= 0.3 is 0 Å². The second-order valence-electron chi connectivity index (χ2n) is 9.70. The molecule has 0 unspecified atom stereocenters. The summed E-state index contributed by atoms with van der Waals surface area (Å²) >= 11 is 0. The van der Waals surface area contributed by atoms with E-state index in [1.165, 1.54) is 0 Å². The molecular weight excluding hydrogens is 428 g/mol. The van der Waals surface area contributed by atoms with Crippen molar-refractivity contribution in [2.45, 2.75) is 58.5 Å². The number of piperazine rings is 1. The maximum Gasteiger partial charge on any atom is 0.227 e. The average molecular weight is 461 g/mol. The number of rotatable bonds is 4. The molecule has 5 rings (SSSR count). The first-order valence-corrected chi connectivity index (χ1v) is 12.2. The first-order valence-electron chi connectivity index (χ1n) is 12.2. The van der Waals surface area contributed by atoms with Gasteiger partial charge < -0.3 is 20.1 Å². The molecule has 3 aromatic rings. The molecule has 0 bridgehead atoms. The lowest BCUT2D eigenvalue weighted by molar-refractivity contribution is -0.133. The third-order valence-corrected chi connectivity index (χ3v) is 7.14. The highest BCUT2D eigenvalue weighted by atomic mass is 16.2. The van der Waals surface area contributed by atoms with Crippen LogP contribution in [0.3, 0.4) is 0 Å². The van der Waals surface area contributed by atoms with Crippen molar-refractivity contribution in [2.75, 3.05) is 23.3 Å². The first-order chi connectivity index (χ1) is 16.4. The van der Waals surface area contributed by atoms with Crippen LogP contribution in [0.5, 0.6) is 0 Å². The number of pyridine rings is 2. The van der Waals surface area contributed by atoms with E-state index in [4.69, 9.17) is 4.98 Å². The molecule has 1 saturated heterocycles. The Labute approximate surface area is 199 Å². The van der Waals surface area contributed by atoms with E-state index < -0.39 is 0 Å². The van der Waals surface area contributed by atoms with Gasteiger partial charge in [0.1, 0.15) is 11.5 Å². The van der Waals surface area contributed by atoms with Crippen molar-refractivity contribution in [3.05, 3.63) is 36.7 Å². The molecule has 178 valence electrons. The van der Waals surface area contributed by atoms with Gasteiger partial charge in [0, 0.05) is 55.2 Å². The number of hydrogen-bond acceptors (Lipinski definition) is 5. The van der Waals surface area contributed by atoms with Gasteiger partial charge in [-0.2, -0.15) is 0 Å². The van der Waals surface area contributed by atoms with E-state index in [9.17, 15) is 9.59 Å². The van der Waals surface area contributed by atoms with Gasteiger partial charge in [-0.3, -0.25) is 9.59 Å². The lowest BCUT2D eigenvalue weighted by Crippen LogP contribution is -2.58. The third-order valence-electron chi connectivity index (χ3n) is 7.14. The molecule has 2 fully saturated rings. The van der Waals surface area contributed by atoms with Gasteiger partial charge in [0.2, 0.25) is 11.8 Å². The third kappa shape index (κ3) is 4.24. The molecule has 2 N–H and O–H groups in total. The van der Waals surface area contributed by atoms with Gasteiger partial charge in [0.05, 0.1) is 17.6 Å². The van der Waals surface area contributed by atoms with E-state index in [-0.39, 0.29) is 29.8 Å². The topological polar surface area (TPSA) is 94.2 Å². The Bertz CT molecular complexity index is 1200. The van der Waals surface area contributed by atoms with E-state index >= 15 is 0 Å². The number of fused-ring (bicyclic) bond motifs is 1. The van der Waals surface area contributed by atoms with Crippen LogP contribution in [0.15, 0.2) is 36.7 Å². The standard InChI is InChI=1S/C26H32N6O2/c1-16-14-31(15-17(2)32(16)18(3)33)24-10-6-9-23(30-24)22-13-28-25-21(22)11-20(12-27-25)29-26(34)19-7-4-5-8-19/h6,9-13,16-17,19H,4-5,7-8,14-15H2,1-3H3,(H,27,28)(H,29,34)/t16-,17+. The maximum absolute atomic E-state index is 12.6. The van der Waals surface area contributed by atoms with Gasteiger partial charge in [0.15, 0.2) is 0 Å². The molecule has 3 aromatic heterocycles. The summed E-state index contributed by atoms with van der Waals surface area (Å²) in [4.78, 5) is 41.5. The predicted octanol–water partition coefficient (Wildman–Crippen LogP) is 4.20. The van der Waals surface area contributed by atoms with Crippen LogP contribution in [-0.4, -0.2) is 56.8 Å². The summed E-state index contributed by atoms with van der Waals surface area (Å²) in [7, 11) is 0. The van der Waals surface area contributed by atoms with Crippen molar-refractivity contribution < 1.29 is 9.59 Å². The van der Waals surface area contributed by atoms with Crippen LogP contribution >= 0.6 is 0 Å². The molecule has 2 atom stereocenters. The number of nitrogens with one attached hydrogen (secondary N) is 2. The van der Waals surface area contributed by atoms with Crippen molar-refractivity contribution in [3.63, 3.8) is 0 Å². The summed E-state index contributed by atoms with van der Waals surface area (Å²) in [6.07, 6.45) is 7.81. The fourth-order valence-electron chi connectivity index (χ4n) is 5.60. The SMILES string of the molecule is CC(=O)N1[C@H](C)CN(c2cccc(-c3c[nH]c4ncc(NC(=O)C5CCCC5)cc34)n2)C[C@@H]1C. The molecule has 8 nitrogen and oxygen atoms in total. The van der Waals surface area contributed by atoms with E-state index in [1.807, 2.05) is 35.4 Å². The molecular formula is C26H32N6O2. The molecule has 1 aliphatic heterocycles. The van der Waals surface area contributed by atoms with E-state index in [2.05, 4.69) is 34.0 Å². The Morgan fingerprint density at radius 2 is 1.85 bits per heavy atom. The lowest BCUT2D eigenvalue weighted by Gasteiger charge is -2.44. The summed E-state index contributed by atoms with van der Waals surface area (Å²) in [6, 6.07) is 8.25. The van der Waals surface area contributed by atoms with Crippen LogP contribution in [0.1, 0.15) is 46.5 Å². The van der Waals surface area contributed by atoms with E-state index in [0.717, 1.165) is 66.9 Å². The Kier molecular flexibility index (Phi) is 5.98. The maximum atomic E-state index is 12.6. The number of aromatic nitrogens is 3. The minimum Gasteiger partial charge on any atom is -0.352 e. The van der Waals surface area contributed by atoms with Crippen LogP contribution in [-0.2, 0) is 9.59 Å². The number of anilines is 2. The molecule has 0 radical (unpaired) electrons. The van der Waals surface area contributed by atoms with Gasteiger partial charge in [-0.15, -0.1) is 0 Å². The highest BCUT2D eigenvalue weighted by Crippen LogP contribution is 2.31. The second kappa shape index (κ2) is 9.08. The molecule has 2 aliphatic rings. The number of H-pyrrole nitrogens is 1. The fraction of sp³-hybridized carbons (Fsp3) is 0.462. The largest absolute Gasteiger partial charge is 0.352 e. The van der Waals surface area contributed by atoms with Crippen LogP contribution in [0, 0.1) is 5.92 Å². The zero-order chi connectivity index (χ0) is 23.8. The highest BCUT2D eigenvalue weighted by Gasteiger charge is 2.31. The number of nitrogens with zero attached hydrogens (tertiary/aromatic N) is 4. The van der Waals surface area contributed by atoms with Crippen molar-refractivity contribution >= 4 is 34.4 Å². The quantitative estimate of drug-likeness (QED) is 0.609. The van der Waals surface area contributed by atoms with Crippen LogP contribution in [0.25, 0.3) is 22.3 Å². The summed E-state index contributed by atoms with van der Waals surface area (Å²) < 4.78 is 0. The first kappa shape index (κ1) is 22.4. The number of hydrogen-bond donors (Lipinski definition) is 2. The smallest absolute Gasteiger partial charge is 0.227 e. The van der Waals surface area contributed by atoms with Gasteiger partial charge in [-0.05, 0) is 44.9 Å². The Morgan fingerprint density at radius 3 is 2.56 bits per heavy atom. The molecule has 2 amide bonds. The Morgan fingerprint density at radius 1 is 1.12 bits per heavy atom. The van der Waals surface area contributed by atoms with Gasteiger partial charge in [0.25, 0.3) is 0 Å². The van der Waals surface area contributed by atoms with Crippen LogP contribution in [0.2, 0.25) is 0 Å². The minimum absolute atomic E-state index is 0.0869. The monoisotopic (exact) mass is 460 g/mol. The van der Waals surface area contributed by atoms with E-state index in [1.54, 1.807) is 13.1 Å². The Hall–Kier alpha value is -3.42. The molecule has 1 aliphatic carbocycles. The zero-order valence-corrected chi connectivity index (χ0v) is 20.0.